The molecule has 0 unspecified atom stereocenters. The fraction of sp³-hybridized carbons (Fsp3) is 0.600. The van der Waals surface area contributed by atoms with Gasteiger partial charge in [0.05, 0.1) is 30.6 Å². The van der Waals surface area contributed by atoms with Crippen molar-refractivity contribution in [2.45, 2.75) is 25.7 Å². The number of carbonyl (C=O) groups excluding carboxylic acids is 2. The lowest BCUT2D eigenvalue weighted by atomic mass is 9.85. The lowest BCUT2D eigenvalue weighted by molar-refractivity contribution is -0.142. The van der Waals surface area contributed by atoms with Crippen molar-refractivity contribution < 1.29 is 9.59 Å². The summed E-state index contributed by atoms with van der Waals surface area (Å²) >= 11 is 0. The topological polar surface area (TPSA) is 88.2 Å². The van der Waals surface area contributed by atoms with Crippen molar-refractivity contribution in [2.24, 2.45) is 11.8 Å². The van der Waals surface area contributed by atoms with Crippen LogP contribution in [0.2, 0.25) is 0 Å². The molecule has 0 bridgehead atoms. The third kappa shape index (κ3) is 3.29. The van der Waals surface area contributed by atoms with Crippen LogP contribution in [-0.4, -0.2) is 41.4 Å². The molecule has 1 fully saturated rings. The van der Waals surface area contributed by atoms with Crippen molar-refractivity contribution in [3.05, 3.63) is 12.2 Å². The molecular formula is C15H18N4O2. The van der Waals surface area contributed by atoms with Crippen LogP contribution in [0.3, 0.4) is 0 Å². The number of nitrogens with zero attached hydrogens (tertiary/aromatic N) is 4. The van der Waals surface area contributed by atoms with Gasteiger partial charge in [-0.05, 0) is 12.8 Å². The molecule has 0 radical (unpaired) electrons. The first-order valence-electron chi connectivity index (χ1n) is 7.15. The minimum absolute atomic E-state index is 0.117. The molecule has 21 heavy (non-hydrogen) atoms. The van der Waals surface area contributed by atoms with Crippen molar-refractivity contribution in [2.75, 3.05) is 19.8 Å². The number of nitriles is 2. The summed E-state index contributed by atoms with van der Waals surface area (Å²) in [7, 11) is 0. The van der Waals surface area contributed by atoms with Crippen LogP contribution in [0.4, 0.5) is 0 Å². The van der Waals surface area contributed by atoms with Crippen molar-refractivity contribution >= 4 is 11.8 Å². The van der Waals surface area contributed by atoms with E-state index in [9.17, 15) is 9.59 Å². The first kappa shape index (κ1) is 15.2. The second-order valence-electron chi connectivity index (χ2n) is 5.34. The molecule has 0 aromatic rings. The monoisotopic (exact) mass is 286 g/mol. The summed E-state index contributed by atoms with van der Waals surface area (Å²) in [5, 5.41) is 17.4. The van der Waals surface area contributed by atoms with Crippen LogP contribution < -0.4 is 0 Å². The minimum Gasteiger partial charge on any atom is -0.284 e. The van der Waals surface area contributed by atoms with Crippen molar-refractivity contribution in [1.29, 1.82) is 10.5 Å². The van der Waals surface area contributed by atoms with Crippen molar-refractivity contribution in [3.63, 3.8) is 0 Å². The summed E-state index contributed by atoms with van der Waals surface area (Å²) < 4.78 is 0. The maximum Gasteiger partial charge on any atom is 0.234 e. The zero-order chi connectivity index (χ0) is 15.2. The maximum atomic E-state index is 12.3. The van der Waals surface area contributed by atoms with E-state index in [0.29, 0.717) is 38.8 Å². The van der Waals surface area contributed by atoms with Gasteiger partial charge in [0.1, 0.15) is 0 Å². The summed E-state index contributed by atoms with van der Waals surface area (Å²) in [4.78, 5) is 27.8. The van der Waals surface area contributed by atoms with Crippen LogP contribution in [0.5, 0.6) is 0 Å². The van der Waals surface area contributed by atoms with Gasteiger partial charge in [0, 0.05) is 25.9 Å². The average Bonchev–Trinajstić information content (AvgIpc) is 2.75. The van der Waals surface area contributed by atoms with E-state index < -0.39 is 0 Å². The van der Waals surface area contributed by atoms with Gasteiger partial charge in [-0.25, -0.2) is 0 Å². The Bertz CT molecular complexity index is 485. The summed E-state index contributed by atoms with van der Waals surface area (Å²) in [6.45, 7) is 1.11. The molecule has 0 aromatic heterocycles. The molecule has 110 valence electrons. The van der Waals surface area contributed by atoms with E-state index in [2.05, 4.69) is 0 Å². The number of fused-ring (bicyclic) bond motifs is 1. The SMILES string of the molecule is N#CCCN(CCC#N)CN1C(=O)[C@H]2CC=CC[C@@H]2C1=O. The quantitative estimate of drug-likeness (QED) is 0.537. The van der Waals surface area contributed by atoms with Crippen LogP contribution in [0.1, 0.15) is 25.7 Å². The highest BCUT2D eigenvalue weighted by Crippen LogP contribution is 2.35. The van der Waals surface area contributed by atoms with E-state index in [0.717, 1.165) is 0 Å². The molecular weight excluding hydrogens is 268 g/mol. The number of rotatable bonds is 6. The van der Waals surface area contributed by atoms with Crippen LogP contribution in [0.15, 0.2) is 12.2 Å². The molecule has 2 aliphatic rings. The number of imide groups is 1. The number of allylic oxidation sites excluding steroid dienone is 2. The van der Waals surface area contributed by atoms with E-state index in [1.165, 1.54) is 4.90 Å². The van der Waals surface area contributed by atoms with Crippen LogP contribution in [0.25, 0.3) is 0 Å². The summed E-state index contributed by atoms with van der Waals surface area (Å²) in [6, 6.07) is 4.10. The third-order valence-corrected chi connectivity index (χ3v) is 4.02. The minimum atomic E-state index is -0.226. The van der Waals surface area contributed by atoms with Gasteiger partial charge in [0.15, 0.2) is 0 Å². The second kappa shape index (κ2) is 7.01. The van der Waals surface area contributed by atoms with E-state index in [1.54, 1.807) is 0 Å². The fourth-order valence-electron chi connectivity index (χ4n) is 2.88. The van der Waals surface area contributed by atoms with Crippen LogP contribution in [-0.2, 0) is 9.59 Å². The number of carbonyl (C=O) groups is 2. The molecule has 1 heterocycles. The molecule has 0 saturated carbocycles. The molecule has 6 nitrogen and oxygen atoms in total. The Morgan fingerprint density at radius 3 is 1.95 bits per heavy atom. The summed E-state index contributed by atoms with van der Waals surface area (Å²) in [6.07, 6.45) is 5.80. The molecule has 0 spiro atoms. The van der Waals surface area contributed by atoms with Crippen molar-refractivity contribution in [3.8, 4) is 12.1 Å². The van der Waals surface area contributed by atoms with Gasteiger partial charge in [0.2, 0.25) is 11.8 Å². The zero-order valence-corrected chi connectivity index (χ0v) is 11.9. The lowest BCUT2D eigenvalue weighted by Crippen LogP contribution is -2.42. The largest absolute Gasteiger partial charge is 0.284 e. The molecule has 1 aliphatic carbocycles. The molecule has 0 aromatic carbocycles. The maximum absolute atomic E-state index is 12.3. The number of hydrogen-bond donors (Lipinski definition) is 0. The number of amides is 2. The predicted octanol–water partition coefficient (Wildman–Crippen LogP) is 1.02. The molecule has 2 rings (SSSR count). The van der Waals surface area contributed by atoms with E-state index in [4.69, 9.17) is 10.5 Å². The first-order valence-corrected chi connectivity index (χ1v) is 7.15. The van der Waals surface area contributed by atoms with Gasteiger partial charge in [-0.2, -0.15) is 10.5 Å². The Kier molecular flexibility index (Phi) is 5.08. The van der Waals surface area contributed by atoms with Crippen molar-refractivity contribution in [1.82, 2.24) is 9.80 Å². The van der Waals surface area contributed by atoms with Crippen LogP contribution >= 0.6 is 0 Å². The smallest absolute Gasteiger partial charge is 0.234 e. The standard InChI is InChI=1S/C15H18N4O2/c16-7-3-9-18(10-4-8-17)11-19-14(20)12-5-1-2-6-13(12)15(19)21/h1-2,12-13H,3-6,9-11H2/t12-,13-/m0/s1. The Labute approximate surface area is 124 Å². The summed E-state index contributed by atoms with van der Waals surface area (Å²) in [5.74, 6) is -0.686. The molecule has 0 N–H and O–H groups in total. The van der Waals surface area contributed by atoms with Gasteiger partial charge < -0.3 is 0 Å². The van der Waals surface area contributed by atoms with E-state index in [-0.39, 0.29) is 30.3 Å². The van der Waals surface area contributed by atoms with Gasteiger partial charge in [0.25, 0.3) is 0 Å². The Balaban J connectivity index is 2.03. The van der Waals surface area contributed by atoms with Gasteiger partial charge >= 0.3 is 0 Å². The predicted molar refractivity (Wildman–Crippen MR) is 74.1 cm³/mol. The highest BCUT2D eigenvalue weighted by molar-refractivity contribution is 6.05. The fourth-order valence-corrected chi connectivity index (χ4v) is 2.88. The lowest BCUT2D eigenvalue weighted by Gasteiger charge is -2.25. The number of hydrogen-bond acceptors (Lipinski definition) is 5. The first-order chi connectivity index (χ1) is 10.2. The molecule has 2 amide bonds. The molecule has 2 atom stereocenters. The average molecular weight is 286 g/mol. The van der Waals surface area contributed by atoms with Gasteiger partial charge in [-0.3, -0.25) is 19.4 Å². The Hall–Kier alpha value is -2.18. The van der Waals surface area contributed by atoms with Crippen LogP contribution in [0, 0.1) is 34.5 Å². The highest BCUT2D eigenvalue weighted by Gasteiger charge is 2.47. The molecule has 1 aliphatic heterocycles. The van der Waals surface area contributed by atoms with Gasteiger partial charge in [-0.1, -0.05) is 12.2 Å². The normalized spacial score (nSPS) is 24.0. The van der Waals surface area contributed by atoms with E-state index in [1.807, 2.05) is 29.2 Å². The second-order valence-corrected chi connectivity index (χ2v) is 5.34. The summed E-state index contributed by atoms with van der Waals surface area (Å²) in [5.41, 5.74) is 0. The number of likely N-dealkylation sites (tertiary alicyclic amines) is 1. The Morgan fingerprint density at radius 1 is 1.05 bits per heavy atom. The molecule has 6 heteroatoms. The van der Waals surface area contributed by atoms with Gasteiger partial charge in [-0.15, -0.1) is 0 Å². The molecule has 1 saturated heterocycles. The third-order valence-electron chi connectivity index (χ3n) is 4.02. The highest BCUT2D eigenvalue weighted by atomic mass is 16.2. The Morgan fingerprint density at radius 2 is 1.52 bits per heavy atom. The van der Waals surface area contributed by atoms with E-state index >= 15 is 0 Å². The zero-order valence-electron chi connectivity index (χ0n) is 11.9.